The molecule has 1 heterocycles. The zero-order valence-electron chi connectivity index (χ0n) is 12.8. The molecular weight excluding hydrogens is 347 g/mol. The largest absolute Gasteiger partial charge is 0.352 e. The first kappa shape index (κ1) is 16.8. The van der Waals surface area contributed by atoms with Crippen molar-refractivity contribution in [2.24, 2.45) is 5.92 Å². The zero-order valence-corrected chi connectivity index (χ0v) is 14.3. The van der Waals surface area contributed by atoms with Gasteiger partial charge in [0.15, 0.2) is 0 Å². The monoisotopic (exact) mass is 362 g/mol. The van der Waals surface area contributed by atoms with Crippen LogP contribution in [0.1, 0.15) is 12.0 Å². The number of nitrogens with one attached hydrogen (secondary N) is 1. The van der Waals surface area contributed by atoms with Crippen LogP contribution in [0.3, 0.4) is 0 Å². The lowest BCUT2D eigenvalue weighted by atomic mass is 10.1. The zero-order chi connectivity index (χ0) is 17.1. The second kappa shape index (κ2) is 7.24. The minimum absolute atomic E-state index is 0.0519. The maximum atomic E-state index is 12.3. The van der Waals surface area contributed by atoms with E-state index >= 15 is 0 Å². The number of nitrogens with zero attached hydrogens (tertiary/aromatic N) is 1. The summed E-state index contributed by atoms with van der Waals surface area (Å²) in [5.74, 6) is -0.515. The third-order valence-electron chi connectivity index (χ3n) is 4.01. The van der Waals surface area contributed by atoms with Crippen molar-refractivity contribution in [2.75, 3.05) is 11.4 Å². The van der Waals surface area contributed by atoms with Gasteiger partial charge in [0.05, 0.1) is 5.92 Å². The number of benzene rings is 2. The first-order valence-electron chi connectivity index (χ1n) is 7.61. The van der Waals surface area contributed by atoms with Gasteiger partial charge in [-0.1, -0.05) is 35.3 Å². The van der Waals surface area contributed by atoms with Gasteiger partial charge in [0.2, 0.25) is 11.8 Å². The Morgan fingerprint density at radius 2 is 1.62 bits per heavy atom. The molecule has 24 heavy (non-hydrogen) atoms. The summed E-state index contributed by atoms with van der Waals surface area (Å²) in [6.07, 6.45) is 0.217. The van der Waals surface area contributed by atoms with Gasteiger partial charge >= 0.3 is 0 Å². The van der Waals surface area contributed by atoms with E-state index in [2.05, 4.69) is 5.32 Å². The normalized spacial score (nSPS) is 17.2. The van der Waals surface area contributed by atoms with Crippen molar-refractivity contribution >= 4 is 40.7 Å². The van der Waals surface area contributed by atoms with Gasteiger partial charge < -0.3 is 10.2 Å². The molecule has 2 aromatic rings. The molecule has 2 amide bonds. The topological polar surface area (TPSA) is 49.4 Å². The SMILES string of the molecule is O=C(NCc1ccc(Cl)cc1)[C@@H]1CC(=O)N(c2ccc(Cl)cc2)C1. The maximum Gasteiger partial charge on any atom is 0.227 e. The quantitative estimate of drug-likeness (QED) is 0.901. The number of hydrogen-bond donors (Lipinski definition) is 1. The number of carbonyl (C=O) groups excluding carboxylic acids is 2. The summed E-state index contributed by atoms with van der Waals surface area (Å²) in [6.45, 7) is 0.800. The highest BCUT2D eigenvalue weighted by atomic mass is 35.5. The average molecular weight is 363 g/mol. The van der Waals surface area contributed by atoms with Crippen molar-refractivity contribution in [3.63, 3.8) is 0 Å². The predicted molar refractivity (Wildman–Crippen MR) is 95.2 cm³/mol. The second-order valence-corrected chi connectivity index (χ2v) is 6.60. The van der Waals surface area contributed by atoms with Crippen molar-refractivity contribution in [1.82, 2.24) is 5.32 Å². The van der Waals surface area contributed by atoms with E-state index in [-0.39, 0.29) is 24.2 Å². The van der Waals surface area contributed by atoms with E-state index < -0.39 is 0 Å². The summed E-state index contributed by atoms with van der Waals surface area (Å²) >= 11 is 11.7. The van der Waals surface area contributed by atoms with Crippen LogP contribution in [0.2, 0.25) is 10.0 Å². The van der Waals surface area contributed by atoms with Crippen LogP contribution in [0, 0.1) is 5.92 Å². The Bertz CT molecular complexity index is 745. The van der Waals surface area contributed by atoms with Crippen LogP contribution in [0.5, 0.6) is 0 Å². The van der Waals surface area contributed by atoms with Gasteiger partial charge in [-0.2, -0.15) is 0 Å². The Labute approximate surface area is 150 Å². The van der Waals surface area contributed by atoms with Crippen molar-refractivity contribution < 1.29 is 9.59 Å². The van der Waals surface area contributed by atoms with E-state index in [4.69, 9.17) is 23.2 Å². The van der Waals surface area contributed by atoms with E-state index in [0.717, 1.165) is 11.3 Å². The molecule has 0 spiro atoms. The Kier molecular flexibility index (Phi) is 5.07. The molecule has 6 heteroatoms. The molecule has 0 aromatic heterocycles. The molecule has 0 unspecified atom stereocenters. The van der Waals surface area contributed by atoms with Gasteiger partial charge in [0.25, 0.3) is 0 Å². The lowest BCUT2D eigenvalue weighted by Crippen LogP contribution is -2.32. The van der Waals surface area contributed by atoms with Gasteiger partial charge in [-0.25, -0.2) is 0 Å². The highest BCUT2D eigenvalue weighted by molar-refractivity contribution is 6.30. The fourth-order valence-electron chi connectivity index (χ4n) is 2.69. The molecule has 1 N–H and O–H groups in total. The molecule has 0 radical (unpaired) electrons. The lowest BCUT2D eigenvalue weighted by Gasteiger charge is -2.16. The summed E-state index contributed by atoms with van der Waals surface area (Å²) in [5.41, 5.74) is 1.73. The molecule has 0 bridgehead atoms. The van der Waals surface area contributed by atoms with E-state index in [0.29, 0.717) is 23.1 Å². The molecule has 1 atom stereocenters. The van der Waals surface area contributed by atoms with Crippen LogP contribution in [-0.4, -0.2) is 18.4 Å². The average Bonchev–Trinajstić information content (AvgIpc) is 2.97. The first-order valence-corrected chi connectivity index (χ1v) is 8.36. The molecule has 0 saturated carbocycles. The minimum Gasteiger partial charge on any atom is -0.352 e. The lowest BCUT2D eigenvalue weighted by molar-refractivity contribution is -0.126. The molecule has 1 fully saturated rings. The maximum absolute atomic E-state index is 12.3. The summed E-state index contributed by atoms with van der Waals surface area (Å²) in [4.78, 5) is 26.1. The minimum atomic E-state index is -0.347. The Morgan fingerprint density at radius 1 is 1.04 bits per heavy atom. The number of halogens is 2. The molecule has 1 aliphatic heterocycles. The highest BCUT2D eigenvalue weighted by Gasteiger charge is 2.34. The van der Waals surface area contributed by atoms with E-state index in [9.17, 15) is 9.59 Å². The highest BCUT2D eigenvalue weighted by Crippen LogP contribution is 2.26. The standard InChI is InChI=1S/C18H16Cl2N2O2/c19-14-3-1-12(2-4-14)10-21-18(24)13-9-17(23)22(11-13)16-7-5-15(20)6-8-16/h1-8,13H,9-11H2,(H,21,24)/t13-/m1/s1. The number of amides is 2. The van der Waals surface area contributed by atoms with Crippen LogP contribution >= 0.6 is 23.2 Å². The molecule has 1 aliphatic rings. The third-order valence-corrected chi connectivity index (χ3v) is 4.52. The number of carbonyl (C=O) groups is 2. The summed E-state index contributed by atoms with van der Waals surface area (Å²) < 4.78 is 0. The molecule has 124 valence electrons. The summed E-state index contributed by atoms with van der Waals surface area (Å²) in [5, 5.41) is 4.15. The third kappa shape index (κ3) is 3.89. The van der Waals surface area contributed by atoms with Gasteiger partial charge in [-0.3, -0.25) is 9.59 Å². The van der Waals surface area contributed by atoms with Gasteiger partial charge in [-0.15, -0.1) is 0 Å². The van der Waals surface area contributed by atoms with Crippen LogP contribution in [0.15, 0.2) is 48.5 Å². The Hall–Kier alpha value is -2.04. The molecule has 0 aliphatic carbocycles. The fraction of sp³-hybridized carbons (Fsp3) is 0.222. The van der Waals surface area contributed by atoms with Crippen molar-refractivity contribution in [1.29, 1.82) is 0 Å². The van der Waals surface area contributed by atoms with Gasteiger partial charge in [0.1, 0.15) is 0 Å². The van der Waals surface area contributed by atoms with Crippen molar-refractivity contribution in [3.8, 4) is 0 Å². The van der Waals surface area contributed by atoms with Crippen molar-refractivity contribution in [2.45, 2.75) is 13.0 Å². The summed E-state index contributed by atoms with van der Waals surface area (Å²) in [6, 6.07) is 14.3. The fourth-order valence-corrected chi connectivity index (χ4v) is 2.94. The molecule has 4 nitrogen and oxygen atoms in total. The second-order valence-electron chi connectivity index (χ2n) is 5.73. The van der Waals surface area contributed by atoms with E-state index in [1.807, 2.05) is 12.1 Å². The Balaban J connectivity index is 1.59. The van der Waals surface area contributed by atoms with Crippen LogP contribution in [-0.2, 0) is 16.1 Å². The molecule has 1 saturated heterocycles. The molecular formula is C18H16Cl2N2O2. The van der Waals surface area contributed by atoms with E-state index in [1.165, 1.54) is 0 Å². The van der Waals surface area contributed by atoms with Crippen LogP contribution in [0.25, 0.3) is 0 Å². The first-order chi connectivity index (χ1) is 11.5. The van der Waals surface area contributed by atoms with Crippen LogP contribution < -0.4 is 10.2 Å². The van der Waals surface area contributed by atoms with Gasteiger partial charge in [0, 0.05) is 35.2 Å². The van der Waals surface area contributed by atoms with Crippen LogP contribution in [0.4, 0.5) is 5.69 Å². The number of rotatable bonds is 4. The number of anilines is 1. The summed E-state index contributed by atoms with van der Waals surface area (Å²) in [7, 11) is 0. The van der Waals surface area contributed by atoms with Crippen molar-refractivity contribution in [3.05, 3.63) is 64.1 Å². The molecule has 2 aromatic carbocycles. The van der Waals surface area contributed by atoms with E-state index in [1.54, 1.807) is 41.3 Å². The number of hydrogen-bond acceptors (Lipinski definition) is 2. The van der Waals surface area contributed by atoms with Gasteiger partial charge in [-0.05, 0) is 42.0 Å². The Morgan fingerprint density at radius 3 is 2.25 bits per heavy atom. The smallest absolute Gasteiger partial charge is 0.227 e. The predicted octanol–water partition coefficient (Wildman–Crippen LogP) is 3.66. The molecule has 3 rings (SSSR count).